The van der Waals surface area contributed by atoms with Gasteiger partial charge in [-0.3, -0.25) is 0 Å². The molecule has 0 aliphatic rings. The number of rotatable bonds is 7. The zero-order chi connectivity index (χ0) is 11.2. The number of nitrogens with one attached hydrogen (secondary N) is 1. The maximum absolute atomic E-state index is 8.99. The van der Waals surface area contributed by atoms with Crippen molar-refractivity contribution in [1.82, 2.24) is 5.32 Å². The van der Waals surface area contributed by atoms with E-state index in [2.05, 4.69) is 39.9 Å². The van der Waals surface area contributed by atoms with Gasteiger partial charge in [-0.25, -0.2) is 0 Å². The molecule has 0 bridgehead atoms. The van der Waals surface area contributed by atoms with Crippen molar-refractivity contribution in [3.63, 3.8) is 0 Å². The zero-order valence-electron chi connectivity index (χ0n) is 10.4. The quantitative estimate of drug-likeness (QED) is 0.663. The first-order valence-electron chi connectivity index (χ1n) is 5.82. The fourth-order valence-electron chi connectivity index (χ4n) is 1.96. The molecule has 0 heterocycles. The summed E-state index contributed by atoms with van der Waals surface area (Å²) in [6, 6.07) is 0.534. The monoisotopic (exact) mass is 201 g/mol. The molecule has 2 N–H and O–H groups in total. The smallest absolute Gasteiger partial charge is 0.0448 e. The minimum atomic E-state index is 0.100. The predicted octanol–water partition coefficient (Wildman–Crippen LogP) is 2.56. The average molecular weight is 201 g/mol. The second kappa shape index (κ2) is 6.41. The van der Waals surface area contributed by atoms with Gasteiger partial charge in [0.2, 0.25) is 0 Å². The Balaban J connectivity index is 4.02. The summed E-state index contributed by atoms with van der Waals surface area (Å²) in [5.41, 5.74) is 0.100. The maximum atomic E-state index is 8.99. The fraction of sp³-hybridized carbons (Fsp3) is 1.00. The molecule has 2 nitrogen and oxygen atoms in total. The van der Waals surface area contributed by atoms with Gasteiger partial charge in [0.1, 0.15) is 0 Å². The molecule has 2 heteroatoms. The van der Waals surface area contributed by atoms with Crippen LogP contribution in [-0.4, -0.2) is 23.3 Å². The molecule has 0 saturated carbocycles. The first-order valence-corrected chi connectivity index (χ1v) is 5.82. The molecule has 0 aromatic rings. The van der Waals surface area contributed by atoms with Crippen LogP contribution in [0.5, 0.6) is 0 Å². The lowest BCUT2D eigenvalue weighted by molar-refractivity contribution is 0.199. The Labute approximate surface area is 89.1 Å². The predicted molar refractivity (Wildman–Crippen MR) is 62.5 cm³/mol. The van der Waals surface area contributed by atoms with Crippen LogP contribution in [0.3, 0.4) is 0 Å². The van der Waals surface area contributed by atoms with Gasteiger partial charge in [0, 0.05) is 18.2 Å². The molecule has 0 aliphatic heterocycles. The van der Waals surface area contributed by atoms with Crippen LogP contribution in [0.1, 0.15) is 53.9 Å². The third kappa shape index (κ3) is 5.61. The van der Waals surface area contributed by atoms with E-state index in [0.29, 0.717) is 6.04 Å². The van der Waals surface area contributed by atoms with E-state index in [1.54, 1.807) is 0 Å². The molecular weight excluding hydrogens is 174 g/mol. The van der Waals surface area contributed by atoms with Gasteiger partial charge >= 0.3 is 0 Å². The van der Waals surface area contributed by atoms with E-state index in [4.69, 9.17) is 5.11 Å². The van der Waals surface area contributed by atoms with Crippen LogP contribution in [0.25, 0.3) is 0 Å². The van der Waals surface area contributed by atoms with Gasteiger partial charge in [-0.1, -0.05) is 20.8 Å². The van der Waals surface area contributed by atoms with Gasteiger partial charge in [0.15, 0.2) is 0 Å². The lowest BCUT2D eigenvalue weighted by Crippen LogP contribution is -2.47. The van der Waals surface area contributed by atoms with Crippen molar-refractivity contribution >= 4 is 0 Å². The molecule has 0 amide bonds. The number of aliphatic hydroxyl groups is 1. The second-order valence-corrected chi connectivity index (χ2v) is 5.06. The molecule has 0 aliphatic carbocycles. The normalized spacial score (nSPS) is 18.2. The third-order valence-corrected chi connectivity index (χ3v) is 2.86. The van der Waals surface area contributed by atoms with Gasteiger partial charge in [-0.05, 0) is 39.0 Å². The van der Waals surface area contributed by atoms with E-state index in [1.165, 1.54) is 6.42 Å². The van der Waals surface area contributed by atoms with Gasteiger partial charge in [0.05, 0.1) is 0 Å². The summed E-state index contributed by atoms with van der Waals surface area (Å²) in [7, 11) is 0. The lowest BCUT2D eigenvalue weighted by atomic mass is 9.92. The molecule has 2 atom stereocenters. The van der Waals surface area contributed by atoms with Crippen LogP contribution < -0.4 is 5.32 Å². The van der Waals surface area contributed by atoms with E-state index in [-0.39, 0.29) is 12.1 Å². The number of hydrogen-bond acceptors (Lipinski definition) is 2. The maximum Gasteiger partial charge on any atom is 0.0448 e. The van der Waals surface area contributed by atoms with Crippen LogP contribution in [0, 0.1) is 5.92 Å². The van der Waals surface area contributed by atoms with Crippen molar-refractivity contribution in [1.29, 1.82) is 0 Å². The molecule has 86 valence electrons. The second-order valence-electron chi connectivity index (χ2n) is 5.06. The summed E-state index contributed by atoms with van der Waals surface area (Å²) in [5, 5.41) is 12.6. The average Bonchev–Trinajstić information content (AvgIpc) is 2.02. The Morgan fingerprint density at radius 2 is 1.86 bits per heavy atom. The topological polar surface area (TPSA) is 32.3 Å². The SMILES string of the molecule is CCC(C)(CCO)NC(C)CC(C)C. The molecular formula is C12H27NO. The van der Waals surface area contributed by atoms with E-state index in [0.717, 1.165) is 18.8 Å². The summed E-state index contributed by atoms with van der Waals surface area (Å²) in [5.74, 6) is 0.729. The molecule has 2 unspecified atom stereocenters. The van der Waals surface area contributed by atoms with E-state index in [1.807, 2.05) is 0 Å². The molecule has 0 spiro atoms. The van der Waals surface area contributed by atoms with Crippen molar-refractivity contribution in [2.45, 2.75) is 65.5 Å². The lowest BCUT2D eigenvalue weighted by Gasteiger charge is -2.33. The number of aliphatic hydroxyl groups excluding tert-OH is 1. The van der Waals surface area contributed by atoms with E-state index < -0.39 is 0 Å². The highest BCUT2D eigenvalue weighted by atomic mass is 16.3. The molecule has 0 fully saturated rings. The summed E-state index contributed by atoms with van der Waals surface area (Å²) in [4.78, 5) is 0. The summed E-state index contributed by atoms with van der Waals surface area (Å²) in [6.45, 7) is 11.4. The third-order valence-electron chi connectivity index (χ3n) is 2.86. The standard InChI is InChI=1S/C12H27NO/c1-6-12(5,7-8-14)13-11(4)9-10(2)3/h10-11,13-14H,6-9H2,1-5H3. The van der Waals surface area contributed by atoms with Crippen LogP contribution in [-0.2, 0) is 0 Å². The number of hydrogen-bond donors (Lipinski definition) is 2. The highest BCUT2D eigenvalue weighted by Crippen LogP contribution is 2.16. The van der Waals surface area contributed by atoms with Gasteiger partial charge in [-0.15, -0.1) is 0 Å². The van der Waals surface area contributed by atoms with Gasteiger partial charge in [0.25, 0.3) is 0 Å². The van der Waals surface area contributed by atoms with Crippen molar-refractivity contribution in [2.24, 2.45) is 5.92 Å². The van der Waals surface area contributed by atoms with Crippen LogP contribution in [0.4, 0.5) is 0 Å². The molecule has 0 aromatic carbocycles. The van der Waals surface area contributed by atoms with Crippen molar-refractivity contribution in [2.75, 3.05) is 6.61 Å². The largest absolute Gasteiger partial charge is 0.396 e. The van der Waals surface area contributed by atoms with E-state index >= 15 is 0 Å². The van der Waals surface area contributed by atoms with Gasteiger partial charge < -0.3 is 10.4 Å². The Bertz CT molecular complexity index is 147. The van der Waals surface area contributed by atoms with Crippen LogP contribution in [0.15, 0.2) is 0 Å². The summed E-state index contributed by atoms with van der Waals surface area (Å²) in [6.07, 6.45) is 3.10. The van der Waals surface area contributed by atoms with Crippen molar-refractivity contribution < 1.29 is 5.11 Å². The van der Waals surface area contributed by atoms with Crippen LogP contribution >= 0.6 is 0 Å². The Hall–Kier alpha value is -0.0800. The fourth-order valence-corrected chi connectivity index (χ4v) is 1.96. The summed E-state index contributed by atoms with van der Waals surface area (Å²) >= 11 is 0. The van der Waals surface area contributed by atoms with Gasteiger partial charge in [-0.2, -0.15) is 0 Å². The summed E-state index contributed by atoms with van der Waals surface area (Å²) < 4.78 is 0. The Morgan fingerprint density at radius 3 is 2.21 bits per heavy atom. The van der Waals surface area contributed by atoms with Crippen molar-refractivity contribution in [3.05, 3.63) is 0 Å². The first kappa shape index (κ1) is 13.9. The minimum absolute atomic E-state index is 0.100. The molecule has 0 radical (unpaired) electrons. The highest BCUT2D eigenvalue weighted by Gasteiger charge is 2.23. The Morgan fingerprint density at radius 1 is 1.29 bits per heavy atom. The Kier molecular flexibility index (Phi) is 6.38. The van der Waals surface area contributed by atoms with Crippen LogP contribution in [0.2, 0.25) is 0 Å². The zero-order valence-corrected chi connectivity index (χ0v) is 10.4. The molecule has 0 rings (SSSR count). The highest BCUT2D eigenvalue weighted by molar-refractivity contribution is 4.84. The molecule has 14 heavy (non-hydrogen) atoms. The first-order chi connectivity index (χ1) is 6.43. The van der Waals surface area contributed by atoms with Crippen molar-refractivity contribution in [3.8, 4) is 0 Å². The van der Waals surface area contributed by atoms with E-state index in [9.17, 15) is 0 Å². The minimum Gasteiger partial charge on any atom is -0.396 e. The molecule has 0 saturated heterocycles. The molecule has 0 aromatic heterocycles.